The van der Waals surface area contributed by atoms with Gasteiger partial charge in [-0.1, -0.05) is 0 Å². The monoisotopic (exact) mass is 195 g/mol. The standard InChI is InChI=1S/C7H13NO3.ClH/c8-5-2-1-4(7(10)11)3-6(5)9;/h4-6,9H,1-3,8H2,(H,10,11);1H/t4-,5+,6+;/m1./s1. The Hall–Kier alpha value is -0.320. The first-order chi connectivity index (χ1) is 5.11. The summed E-state index contributed by atoms with van der Waals surface area (Å²) in [5, 5.41) is 17.8. The third-order valence-electron chi connectivity index (χ3n) is 2.22. The van der Waals surface area contributed by atoms with Crippen LogP contribution in [0.5, 0.6) is 0 Å². The molecule has 1 saturated carbocycles. The van der Waals surface area contributed by atoms with Gasteiger partial charge in [0.15, 0.2) is 0 Å². The molecular weight excluding hydrogens is 182 g/mol. The molecule has 4 N–H and O–H groups in total. The van der Waals surface area contributed by atoms with E-state index in [-0.39, 0.29) is 18.4 Å². The molecule has 0 aromatic rings. The van der Waals surface area contributed by atoms with Gasteiger partial charge >= 0.3 is 5.97 Å². The van der Waals surface area contributed by atoms with Gasteiger partial charge in [-0.25, -0.2) is 0 Å². The third-order valence-corrected chi connectivity index (χ3v) is 2.22. The SMILES string of the molecule is Cl.N[C@H]1CC[C@@H](C(=O)O)C[C@@H]1O. The van der Waals surface area contributed by atoms with E-state index in [9.17, 15) is 9.90 Å². The van der Waals surface area contributed by atoms with Gasteiger partial charge < -0.3 is 15.9 Å². The molecule has 12 heavy (non-hydrogen) atoms. The van der Waals surface area contributed by atoms with Gasteiger partial charge in [-0.2, -0.15) is 0 Å². The molecule has 5 heteroatoms. The molecule has 0 unspecified atom stereocenters. The average molecular weight is 196 g/mol. The Morgan fingerprint density at radius 1 is 1.42 bits per heavy atom. The molecule has 0 bridgehead atoms. The van der Waals surface area contributed by atoms with Crippen molar-refractivity contribution in [2.24, 2.45) is 11.7 Å². The van der Waals surface area contributed by atoms with Crippen LogP contribution in [0, 0.1) is 5.92 Å². The maximum absolute atomic E-state index is 10.5. The molecule has 1 rings (SSSR count). The fourth-order valence-corrected chi connectivity index (χ4v) is 1.39. The van der Waals surface area contributed by atoms with E-state index in [0.717, 1.165) is 0 Å². The highest BCUT2D eigenvalue weighted by molar-refractivity contribution is 5.85. The van der Waals surface area contributed by atoms with Crippen LogP contribution in [0.3, 0.4) is 0 Å². The van der Waals surface area contributed by atoms with Crippen molar-refractivity contribution < 1.29 is 15.0 Å². The van der Waals surface area contributed by atoms with E-state index in [1.807, 2.05) is 0 Å². The minimum atomic E-state index is -0.823. The van der Waals surface area contributed by atoms with Crippen molar-refractivity contribution in [1.82, 2.24) is 0 Å². The van der Waals surface area contributed by atoms with E-state index in [1.165, 1.54) is 0 Å². The van der Waals surface area contributed by atoms with E-state index >= 15 is 0 Å². The van der Waals surface area contributed by atoms with Crippen LogP contribution in [-0.4, -0.2) is 28.3 Å². The quantitative estimate of drug-likeness (QED) is 0.549. The number of aliphatic hydroxyl groups is 1. The molecule has 3 atom stereocenters. The number of hydrogen-bond donors (Lipinski definition) is 3. The normalized spacial score (nSPS) is 35.3. The van der Waals surface area contributed by atoms with E-state index in [1.54, 1.807) is 0 Å². The molecule has 1 aliphatic rings. The Balaban J connectivity index is 0.00000121. The van der Waals surface area contributed by atoms with Crippen LogP contribution in [0.4, 0.5) is 0 Å². The van der Waals surface area contributed by atoms with Gasteiger partial charge in [-0.15, -0.1) is 12.4 Å². The second-order valence-electron chi connectivity index (χ2n) is 3.08. The van der Waals surface area contributed by atoms with Crippen LogP contribution in [0.15, 0.2) is 0 Å². The molecule has 0 aromatic heterocycles. The van der Waals surface area contributed by atoms with Crippen molar-refractivity contribution in [2.45, 2.75) is 31.4 Å². The van der Waals surface area contributed by atoms with Gasteiger partial charge in [0.25, 0.3) is 0 Å². The lowest BCUT2D eigenvalue weighted by Gasteiger charge is -2.28. The Labute approximate surface area is 77.2 Å². The maximum atomic E-state index is 10.5. The number of hydrogen-bond acceptors (Lipinski definition) is 3. The second kappa shape index (κ2) is 4.64. The Morgan fingerprint density at radius 2 is 2.00 bits per heavy atom. The van der Waals surface area contributed by atoms with Crippen molar-refractivity contribution in [3.63, 3.8) is 0 Å². The van der Waals surface area contributed by atoms with Crippen molar-refractivity contribution in [2.75, 3.05) is 0 Å². The first-order valence-corrected chi connectivity index (χ1v) is 3.77. The van der Waals surface area contributed by atoms with Gasteiger partial charge in [0.05, 0.1) is 12.0 Å². The van der Waals surface area contributed by atoms with Crippen LogP contribution in [0.2, 0.25) is 0 Å². The minimum absolute atomic E-state index is 0. The van der Waals surface area contributed by atoms with Crippen molar-refractivity contribution in [3.05, 3.63) is 0 Å². The lowest BCUT2D eigenvalue weighted by molar-refractivity contribution is -0.144. The predicted molar refractivity (Wildman–Crippen MR) is 46.2 cm³/mol. The average Bonchev–Trinajstić information content (AvgIpc) is 1.94. The number of carboxylic acids is 1. The summed E-state index contributed by atoms with van der Waals surface area (Å²) >= 11 is 0. The smallest absolute Gasteiger partial charge is 0.306 e. The lowest BCUT2D eigenvalue weighted by Crippen LogP contribution is -2.41. The van der Waals surface area contributed by atoms with E-state index in [4.69, 9.17) is 10.8 Å². The fourth-order valence-electron chi connectivity index (χ4n) is 1.39. The van der Waals surface area contributed by atoms with Crippen LogP contribution in [-0.2, 0) is 4.79 Å². The molecule has 0 aliphatic heterocycles. The van der Waals surface area contributed by atoms with Crippen LogP contribution < -0.4 is 5.73 Å². The number of halogens is 1. The van der Waals surface area contributed by atoms with E-state index in [2.05, 4.69) is 0 Å². The molecule has 4 nitrogen and oxygen atoms in total. The number of aliphatic hydroxyl groups excluding tert-OH is 1. The highest BCUT2D eigenvalue weighted by atomic mass is 35.5. The van der Waals surface area contributed by atoms with Gasteiger partial charge in [-0.05, 0) is 19.3 Å². The highest BCUT2D eigenvalue weighted by Gasteiger charge is 2.30. The van der Waals surface area contributed by atoms with Gasteiger partial charge in [-0.3, -0.25) is 4.79 Å². The number of carboxylic acid groups (broad SMARTS) is 1. The van der Waals surface area contributed by atoms with E-state index in [0.29, 0.717) is 19.3 Å². The zero-order valence-corrected chi connectivity index (χ0v) is 7.46. The van der Waals surface area contributed by atoms with Crippen LogP contribution in [0.25, 0.3) is 0 Å². The maximum Gasteiger partial charge on any atom is 0.306 e. The summed E-state index contributed by atoms with van der Waals surface area (Å²) in [5.41, 5.74) is 5.50. The van der Waals surface area contributed by atoms with Crippen LogP contribution >= 0.6 is 12.4 Å². The highest BCUT2D eigenvalue weighted by Crippen LogP contribution is 2.23. The van der Waals surface area contributed by atoms with E-state index < -0.39 is 18.0 Å². The molecule has 1 aliphatic carbocycles. The molecule has 0 amide bonds. The van der Waals surface area contributed by atoms with Gasteiger partial charge in [0.2, 0.25) is 0 Å². The first kappa shape index (κ1) is 11.7. The van der Waals surface area contributed by atoms with Crippen molar-refractivity contribution >= 4 is 18.4 Å². The molecule has 0 saturated heterocycles. The lowest BCUT2D eigenvalue weighted by atomic mass is 9.84. The van der Waals surface area contributed by atoms with Gasteiger partial charge in [0, 0.05) is 6.04 Å². The number of aliphatic carboxylic acids is 1. The van der Waals surface area contributed by atoms with Crippen molar-refractivity contribution in [1.29, 1.82) is 0 Å². The summed E-state index contributed by atoms with van der Waals surface area (Å²) < 4.78 is 0. The summed E-state index contributed by atoms with van der Waals surface area (Å²) in [6.45, 7) is 0. The molecule has 0 aromatic carbocycles. The second-order valence-corrected chi connectivity index (χ2v) is 3.08. The largest absolute Gasteiger partial charge is 0.481 e. The molecule has 72 valence electrons. The molecule has 0 heterocycles. The first-order valence-electron chi connectivity index (χ1n) is 3.77. The number of rotatable bonds is 1. The molecule has 1 fully saturated rings. The zero-order chi connectivity index (χ0) is 8.43. The Bertz CT molecular complexity index is 165. The summed E-state index contributed by atoms with van der Waals surface area (Å²) in [5.74, 6) is -1.22. The predicted octanol–water partition coefficient (Wildman–Crippen LogP) is -0.0189. The molecule has 0 spiro atoms. The summed E-state index contributed by atoms with van der Waals surface area (Å²) in [4.78, 5) is 10.5. The third kappa shape index (κ3) is 2.62. The van der Waals surface area contributed by atoms with Crippen LogP contribution in [0.1, 0.15) is 19.3 Å². The van der Waals surface area contributed by atoms with Crippen molar-refractivity contribution in [3.8, 4) is 0 Å². The minimum Gasteiger partial charge on any atom is -0.481 e. The topological polar surface area (TPSA) is 83.6 Å². The Kier molecular flexibility index (Phi) is 4.52. The number of carbonyl (C=O) groups is 1. The Morgan fingerprint density at radius 3 is 2.42 bits per heavy atom. The summed E-state index contributed by atoms with van der Waals surface area (Å²) in [6.07, 6.45) is 0.868. The summed E-state index contributed by atoms with van der Waals surface area (Å²) in [6, 6.07) is -0.231. The fraction of sp³-hybridized carbons (Fsp3) is 0.857. The van der Waals surface area contributed by atoms with Gasteiger partial charge in [0.1, 0.15) is 0 Å². The number of nitrogens with two attached hydrogens (primary N) is 1. The molecular formula is C7H14ClNO3. The zero-order valence-electron chi connectivity index (χ0n) is 6.64. The summed E-state index contributed by atoms with van der Waals surface area (Å²) in [7, 11) is 0. The molecule has 0 radical (unpaired) electrons.